The van der Waals surface area contributed by atoms with Crippen molar-refractivity contribution in [3.05, 3.63) is 17.3 Å². The van der Waals surface area contributed by atoms with Gasteiger partial charge in [0, 0.05) is 4.90 Å². The molecule has 0 bridgehead atoms. The van der Waals surface area contributed by atoms with Crippen LogP contribution >= 0.6 is 23.5 Å². The zero-order valence-electron chi connectivity index (χ0n) is 9.69. The van der Waals surface area contributed by atoms with Crippen LogP contribution in [-0.2, 0) is 6.42 Å². The Morgan fingerprint density at radius 2 is 2.12 bits per heavy atom. The maximum Gasteiger partial charge on any atom is 0.0973 e. The molecule has 1 aliphatic rings. The molecule has 2 nitrogen and oxygen atoms in total. The molecule has 0 spiro atoms. The van der Waals surface area contributed by atoms with Crippen molar-refractivity contribution in [1.29, 1.82) is 0 Å². The van der Waals surface area contributed by atoms with E-state index in [2.05, 4.69) is 17.3 Å². The first-order valence-corrected chi connectivity index (χ1v) is 8.01. The lowest BCUT2D eigenvalue weighted by Crippen LogP contribution is -2.04. The monoisotopic (exact) mass is 255 g/mol. The average Bonchev–Trinajstić information content (AvgIpc) is 2.50. The summed E-state index contributed by atoms with van der Waals surface area (Å²) in [6, 6.07) is 2.15. The van der Waals surface area contributed by atoms with Gasteiger partial charge in [-0.25, -0.2) is 4.98 Å². The number of nitrogens with zero attached hydrogens (tertiary/aromatic N) is 1. The van der Waals surface area contributed by atoms with Gasteiger partial charge >= 0.3 is 0 Å². The van der Waals surface area contributed by atoms with Crippen LogP contribution in [0.5, 0.6) is 0 Å². The molecule has 1 unspecified atom stereocenters. The van der Waals surface area contributed by atoms with Gasteiger partial charge in [0.2, 0.25) is 0 Å². The molecule has 4 heteroatoms. The molecule has 16 heavy (non-hydrogen) atoms. The first-order valence-electron chi connectivity index (χ1n) is 5.56. The van der Waals surface area contributed by atoms with Crippen molar-refractivity contribution in [2.75, 3.05) is 12.5 Å². The van der Waals surface area contributed by atoms with Gasteiger partial charge < -0.3 is 5.11 Å². The topological polar surface area (TPSA) is 33.1 Å². The zero-order valence-corrected chi connectivity index (χ0v) is 11.3. The summed E-state index contributed by atoms with van der Waals surface area (Å²) in [4.78, 5) is 5.87. The predicted octanol–water partition coefficient (Wildman–Crippen LogP) is 3.29. The molecule has 1 atom stereocenters. The molecule has 1 aromatic rings. The third kappa shape index (κ3) is 2.39. The first kappa shape index (κ1) is 12.3. The van der Waals surface area contributed by atoms with E-state index in [-0.39, 0.29) is 6.10 Å². The van der Waals surface area contributed by atoms with Crippen LogP contribution in [0.1, 0.15) is 36.6 Å². The molecule has 88 valence electrons. The van der Waals surface area contributed by atoms with Gasteiger partial charge in [-0.3, -0.25) is 0 Å². The van der Waals surface area contributed by atoms with Gasteiger partial charge in [0.15, 0.2) is 0 Å². The van der Waals surface area contributed by atoms with Crippen molar-refractivity contribution in [2.24, 2.45) is 0 Å². The fourth-order valence-corrected chi connectivity index (χ4v) is 3.32. The van der Waals surface area contributed by atoms with Crippen LogP contribution in [0.3, 0.4) is 0 Å². The third-order valence-corrected chi connectivity index (χ3v) is 4.42. The Balaban J connectivity index is 2.51. The highest BCUT2D eigenvalue weighted by Gasteiger charge is 2.21. The van der Waals surface area contributed by atoms with Crippen molar-refractivity contribution in [3.8, 4) is 0 Å². The molecule has 1 aromatic heterocycles. The van der Waals surface area contributed by atoms with E-state index >= 15 is 0 Å². The molecule has 1 aliphatic carbocycles. The van der Waals surface area contributed by atoms with Gasteiger partial charge in [0.25, 0.3) is 0 Å². The van der Waals surface area contributed by atoms with E-state index in [4.69, 9.17) is 0 Å². The lowest BCUT2D eigenvalue weighted by molar-refractivity contribution is 0.161. The molecule has 2 rings (SSSR count). The van der Waals surface area contributed by atoms with Crippen LogP contribution in [0.25, 0.3) is 0 Å². The number of hydrogen-bond donors (Lipinski definition) is 1. The van der Waals surface area contributed by atoms with Crippen LogP contribution in [0.2, 0.25) is 0 Å². The summed E-state index contributed by atoms with van der Waals surface area (Å²) in [6.07, 6.45) is 7.93. The largest absolute Gasteiger partial charge is 0.387 e. The number of pyridine rings is 1. The van der Waals surface area contributed by atoms with E-state index < -0.39 is 0 Å². The molecule has 1 heterocycles. The van der Waals surface area contributed by atoms with Crippen LogP contribution in [0.4, 0.5) is 0 Å². The van der Waals surface area contributed by atoms with Gasteiger partial charge in [-0.2, -0.15) is 0 Å². The molecule has 0 aromatic carbocycles. The van der Waals surface area contributed by atoms with Crippen LogP contribution in [-0.4, -0.2) is 22.6 Å². The second-order valence-electron chi connectivity index (χ2n) is 3.99. The normalized spacial score (nSPS) is 20.3. The minimum absolute atomic E-state index is 0.365. The van der Waals surface area contributed by atoms with Gasteiger partial charge in [0.1, 0.15) is 0 Å². The van der Waals surface area contributed by atoms with E-state index in [1.54, 1.807) is 23.5 Å². The van der Waals surface area contributed by atoms with Crippen molar-refractivity contribution in [3.63, 3.8) is 0 Å². The Labute approximate surface area is 105 Å². The van der Waals surface area contributed by atoms with E-state index in [1.165, 1.54) is 10.5 Å². The summed E-state index contributed by atoms with van der Waals surface area (Å²) in [5, 5.41) is 11.1. The lowest BCUT2D eigenvalue weighted by Gasteiger charge is -2.15. The van der Waals surface area contributed by atoms with Crippen LogP contribution < -0.4 is 0 Å². The minimum atomic E-state index is -0.365. The molecule has 0 aliphatic heterocycles. The molecule has 0 amide bonds. The van der Waals surface area contributed by atoms with Crippen molar-refractivity contribution in [1.82, 2.24) is 4.98 Å². The molecule has 0 saturated heterocycles. The minimum Gasteiger partial charge on any atom is -0.387 e. The van der Waals surface area contributed by atoms with Gasteiger partial charge in [-0.15, -0.1) is 23.5 Å². The van der Waals surface area contributed by atoms with Crippen LogP contribution in [0, 0.1) is 0 Å². The summed E-state index contributed by atoms with van der Waals surface area (Å²) in [7, 11) is 0. The zero-order chi connectivity index (χ0) is 11.5. The first-order chi connectivity index (χ1) is 7.76. The van der Waals surface area contributed by atoms with E-state index in [0.717, 1.165) is 36.4 Å². The fraction of sp³-hybridized carbons (Fsp3) is 0.583. The van der Waals surface area contributed by atoms with Gasteiger partial charge in [-0.1, -0.05) is 6.42 Å². The summed E-state index contributed by atoms with van der Waals surface area (Å²) in [5.74, 6) is 0. The summed E-state index contributed by atoms with van der Waals surface area (Å²) < 4.78 is 0. The smallest absolute Gasteiger partial charge is 0.0973 e. The van der Waals surface area contributed by atoms with Crippen molar-refractivity contribution < 1.29 is 5.11 Å². The number of aliphatic hydroxyl groups excluding tert-OH is 1. The van der Waals surface area contributed by atoms with Crippen LogP contribution in [0.15, 0.2) is 16.0 Å². The molecular formula is C12H17NOS2. The summed E-state index contributed by atoms with van der Waals surface area (Å²) in [6.45, 7) is 0. The Morgan fingerprint density at radius 1 is 1.31 bits per heavy atom. The number of thioether (sulfide) groups is 2. The van der Waals surface area contributed by atoms with E-state index in [1.807, 2.05) is 6.26 Å². The number of hydrogen-bond acceptors (Lipinski definition) is 4. The second kappa shape index (κ2) is 5.43. The summed E-state index contributed by atoms with van der Waals surface area (Å²) >= 11 is 3.40. The van der Waals surface area contributed by atoms with Crippen molar-refractivity contribution in [2.45, 2.75) is 41.7 Å². The number of rotatable bonds is 2. The quantitative estimate of drug-likeness (QED) is 0.649. The average molecular weight is 255 g/mol. The molecule has 1 N–H and O–H groups in total. The molecular weight excluding hydrogens is 238 g/mol. The maximum absolute atomic E-state index is 10.1. The highest BCUT2D eigenvalue weighted by Crippen LogP contribution is 2.35. The van der Waals surface area contributed by atoms with Gasteiger partial charge in [0.05, 0.1) is 16.8 Å². The molecule has 0 radical (unpaired) electrons. The SMILES string of the molecule is CSc1cc(SC)c2c(n1)C(O)CCCC2. The second-order valence-corrected chi connectivity index (χ2v) is 5.67. The Hall–Kier alpha value is -0.190. The lowest BCUT2D eigenvalue weighted by atomic mass is 10.1. The Morgan fingerprint density at radius 3 is 2.81 bits per heavy atom. The maximum atomic E-state index is 10.1. The third-order valence-electron chi connectivity index (χ3n) is 2.99. The number of aliphatic hydroxyl groups is 1. The fourth-order valence-electron chi connectivity index (χ4n) is 2.13. The van der Waals surface area contributed by atoms with E-state index in [9.17, 15) is 5.11 Å². The Bertz CT molecular complexity index is 382. The van der Waals surface area contributed by atoms with E-state index in [0.29, 0.717) is 0 Å². The molecule has 0 fully saturated rings. The summed E-state index contributed by atoms with van der Waals surface area (Å²) in [5.41, 5.74) is 2.20. The highest BCUT2D eigenvalue weighted by molar-refractivity contribution is 7.99. The Kier molecular flexibility index (Phi) is 4.16. The predicted molar refractivity (Wildman–Crippen MR) is 70.3 cm³/mol. The number of aromatic nitrogens is 1. The molecule has 0 saturated carbocycles. The van der Waals surface area contributed by atoms with Crippen molar-refractivity contribution >= 4 is 23.5 Å². The number of fused-ring (bicyclic) bond motifs is 1. The van der Waals surface area contributed by atoms with Gasteiger partial charge in [-0.05, 0) is 43.4 Å². The highest BCUT2D eigenvalue weighted by atomic mass is 32.2. The standard InChI is InChI=1S/C12H17NOS2/c1-15-10-7-11(16-2)13-12-8(10)5-3-4-6-9(12)14/h7,9,14H,3-6H2,1-2H3.